The number of anilines is 1. The lowest BCUT2D eigenvalue weighted by Gasteiger charge is -2.27. The molecule has 0 aliphatic heterocycles. The minimum atomic E-state index is -0.577. The second-order valence-electron chi connectivity index (χ2n) is 7.90. The quantitative estimate of drug-likeness (QED) is 0.571. The number of hydrogen-bond donors (Lipinski definition) is 0. The molecule has 0 unspecified atom stereocenters. The van der Waals surface area contributed by atoms with Gasteiger partial charge in [0.05, 0.1) is 0 Å². The number of benzene rings is 3. The van der Waals surface area contributed by atoms with Gasteiger partial charge in [0.2, 0.25) is 0 Å². The smallest absolute Gasteiger partial charge is 0.146 e. The van der Waals surface area contributed by atoms with Gasteiger partial charge < -0.3 is 4.23 Å². The first-order valence-electron chi connectivity index (χ1n) is 9.98. The van der Waals surface area contributed by atoms with Crippen molar-refractivity contribution in [3.63, 3.8) is 0 Å². The fourth-order valence-corrected chi connectivity index (χ4v) is 8.59. The Kier molecular flexibility index (Phi) is 6.37. The van der Waals surface area contributed by atoms with Gasteiger partial charge in [-0.15, -0.1) is 0 Å². The Bertz CT molecular complexity index is 936. The van der Waals surface area contributed by atoms with Crippen LogP contribution < -0.4 is 14.6 Å². The predicted molar refractivity (Wildman–Crippen MR) is 132 cm³/mol. The van der Waals surface area contributed by atoms with Crippen LogP contribution in [0.3, 0.4) is 0 Å². The van der Waals surface area contributed by atoms with Gasteiger partial charge in [-0.05, 0) is 84.9 Å². The normalized spacial score (nSPS) is 11.6. The van der Waals surface area contributed by atoms with E-state index in [1.54, 1.807) is 10.4 Å². The fourth-order valence-electron chi connectivity index (χ4n) is 3.57. The summed E-state index contributed by atoms with van der Waals surface area (Å²) in [6, 6.07) is 22.6. The molecule has 0 amide bonds. The molecule has 0 heterocycles. The van der Waals surface area contributed by atoms with E-state index in [1.807, 2.05) is 0 Å². The third kappa shape index (κ3) is 4.54. The lowest BCUT2D eigenvalue weighted by molar-refractivity contribution is 1.36. The van der Waals surface area contributed by atoms with Crippen molar-refractivity contribution in [3.05, 3.63) is 95.1 Å². The van der Waals surface area contributed by atoms with Crippen molar-refractivity contribution in [2.24, 2.45) is 0 Å². The monoisotopic (exact) mass is 401 g/mol. The Morgan fingerprint density at radius 1 is 0.714 bits per heavy atom. The number of rotatable bonds is 6. The van der Waals surface area contributed by atoms with Crippen molar-refractivity contribution >= 4 is 41.0 Å². The fraction of sp³-hybridized carbons (Fsp3) is 0.200. The van der Waals surface area contributed by atoms with E-state index in [-0.39, 0.29) is 0 Å². The minimum absolute atomic E-state index is 0.577. The summed E-state index contributed by atoms with van der Waals surface area (Å²) in [6.45, 7) is 15.2. The van der Waals surface area contributed by atoms with Crippen molar-refractivity contribution in [1.29, 1.82) is 0 Å². The highest BCUT2D eigenvalue weighted by Gasteiger charge is 2.14. The Labute approximate surface area is 174 Å². The molecule has 0 saturated heterocycles. The van der Waals surface area contributed by atoms with Gasteiger partial charge in [0, 0.05) is 5.69 Å². The van der Waals surface area contributed by atoms with E-state index in [4.69, 9.17) is 0 Å². The molecule has 0 aromatic heterocycles. The number of allylic oxidation sites excluding steroid dienone is 1. The molecule has 28 heavy (non-hydrogen) atoms. The van der Waals surface area contributed by atoms with Crippen LogP contribution >= 0.6 is 0 Å². The molecule has 3 heteroatoms. The molecule has 0 atom stereocenters. The molecule has 0 radical (unpaired) electrons. The van der Waals surface area contributed by atoms with Crippen LogP contribution in [0.5, 0.6) is 0 Å². The van der Waals surface area contributed by atoms with Crippen LogP contribution in [0, 0.1) is 27.7 Å². The van der Waals surface area contributed by atoms with Crippen molar-refractivity contribution in [3.8, 4) is 0 Å². The molecule has 0 bridgehead atoms. The van der Waals surface area contributed by atoms with E-state index in [0.29, 0.717) is 0 Å². The van der Waals surface area contributed by atoms with Gasteiger partial charge >= 0.3 is 0 Å². The molecule has 3 rings (SSSR count). The first kappa shape index (κ1) is 20.4. The summed E-state index contributed by atoms with van der Waals surface area (Å²) in [4.78, 5) is 0. The molecule has 0 N–H and O–H groups in total. The second kappa shape index (κ2) is 8.76. The highest BCUT2D eigenvalue weighted by Crippen LogP contribution is 2.18. The summed E-state index contributed by atoms with van der Waals surface area (Å²) < 4.78 is 2.76. The van der Waals surface area contributed by atoms with Gasteiger partial charge in [-0.2, -0.15) is 0 Å². The molecule has 0 fully saturated rings. The molecule has 144 valence electrons. The summed E-state index contributed by atoms with van der Waals surface area (Å²) >= 11 is 0. The summed E-state index contributed by atoms with van der Waals surface area (Å²) in [5.74, 6) is 0. The Balaban J connectivity index is 1.98. The largest absolute Gasteiger partial charge is 0.427 e. The van der Waals surface area contributed by atoms with Crippen LogP contribution in [0.15, 0.2) is 67.2 Å². The molecular weight excluding hydrogens is 370 g/mol. The van der Waals surface area contributed by atoms with E-state index in [9.17, 15) is 0 Å². The molecule has 0 saturated carbocycles. The Morgan fingerprint density at radius 2 is 1.18 bits per heavy atom. The highest BCUT2D eigenvalue weighted by molar-refractivity contribution is 6.77. The number of aryl methyl sites for hydroxylation is 2. The maximum atomic E-state index is 4.08. The molecular formula is C25H31NSi2. The van der Waals surface area contributed by atoms with Gasteiger partial charge in [0.15, 0.2) is 0 Å². The Hall–Kier alpha value is -2.37. The average molecular weight is 402 g/mol. The first-order valence-corrected chi connectivity index (χ1v) is 12.7. The lowest BCUT2D eigenvalue weighted by atomic mass is 10.1. The second-order valence-corrected chi connectivity index (χ2v) is 12.5. The zero-order valence-corrected chi connectivity index (χ0v) is 20.7. The van der Waals surface area contributed by atoms with Crippen LogP contribution in [0.1, 0.15) is 34.7 Å². The van der Waals surface area contributed by atoms with E-state index in [1.165, 1.54) is 33.5 Å². The van der Waals surface area contributed by atoms with Crippen molar-refractivity contribution in [2.75, 3.05) is 4.23 Å². The van der Waals surface area contributed by atoms with Gasteiger partial charge in [0.25, 0.3) is 0 Å². The summed E-state index contributed by atoms with van der Waals surface area (Å²) in [6.07, 6.45) is 0. The molecule has 3 aromatic carbocycles. The minimum Gasteiger partial charge on any atom is -0.427 e. The van der Waals surface area contributed by atoms with Crippen molar-refractivity contribution < 1.29 is 0 Å². The lowest BCUT2D eigenvalue weighted by Crippen LogP contribution is -2.45. The van der Waals surface area contributed by atoms with E-state index >= 15 is 0 Å². The summed E-state index contributed by atoms with van der Waals surface area (Å²) in [5, 5.41) is 3.11. The van der Waals surface area contributed by atoms with Crippen LogP contribution in [-0.4, -0.2) is 19.4 Å². The number of nitrogens with zero attached hydrogens (tertiary/aromatic N) is 1. The Morgan fingerprint density at radius 3 is 1.61 bits per heavy atom. The zero-order chi connectivity index (χ0) is 20.3. The highest BCUT2D eigenvalue weighted by atomic mass is 28.3. The van der Waals surface area contributed by atoms with Crippen LogP contribution in [-0.2, 0) is 0 Å². The van der Waals surface area contributed by atoms with Crippen LogP contribution in [0.25, 0.3) is 5.57 Å². The van der Waals surface area contributed by atoms with Crippen LogP contribution in [0.4, 0.5) is 5.69 Å². The number of hydrogen-bond acceptors (Lipinski definition) is 1. The average Bonchev–Trinajstić information content (AvgIpc) is 2.68. The summed E-state index contributed by atoms with van der Waals surface area (Å²) in [5.41, 5.74) is 9.44. The maximum absolute atomic E-state index is 4.08. The third-order valence-corrected chi connectivity index (χ3v) is 10.9. The van der Waals surface area contributed by atoms with E-state index in [0.717, 1.165) is 5.57 Å². The first-order chi connectivity index (χ1) is 13.4. The molecule has 3 aromatic rings. The standard InChI is InChI=1S/C25H31NSi2/c1-17(2)22-13-15-23(16-14-22)26(27-24-11-7-9-18(3)20(24)5)28-25-12-8-10-19(4)21(25)6/h7-16H,1,27-28H2,2-6H3. The predicted octanol–water partition coefficient (Wildman–Crippen LogP) is 3.58. The van der Waals surface area contributed by atoms with Gasteiger partial charge in [-0.1, -0.05) is 60.7 Å². The van der Waals surface area contributed by atoms with Gasteiger partial charge in [-0.25, -0.2) is 0 Å². The van der Waals surface area contributed by atoms with E-state index in [2.05, 4.69) is 106 Å². The molecule has 1 nitrogen and oxygen atoms in total. The van der Waals surface area contributed by atoms with Gasteiger partial charge in [-0.3, -0.25) is 0 Å². The van der Waals surface area contributed by atoms with Gasteiger partial charge in [0.1, 0.15) is 19.4 Å². The summed E-state index contributed by atoms with van der Waals surface area (Å²) in [7, 11) is -1.15. The SMILES string of the molecule is C=C(C)c1ccc(N([SiH2]c2cccc(C)c2C)[SiH2]c2cccc(C)c2C)cc1. The topological polar surface area (TPSA) is 3.24 Å². The van der Waals surface area contributed by atoms with Crippen molar-refractivity contribution in [2.45, 2.75) is 34.6 Å². The zero-order valence-electron chi connectivity index (χ0n) is 17.8. The van der Waals surface area contributed by atoms with Crippen molar-refractivity contribution in [1.82, 2.24) is 0 Å². The van der Waals surface area contributed by atoms with E-state index < -0.39 is 19.4 Å². The molecule has 0 aliphatic rings. The molecule has 0 aliphatic carbocycles. The third-order valence-electron chi connectivity index (χ3n) is 5.88. The molecule has 0 spiro atoms. The maximum Gasteiger partial charge on any atom is 0.146 e. The van der Waals surface area contributed by atoms with Crippen LogP contribution in [0.2, 0.25) is 0 Å².